The standard InChI is InChI=1S/C16H19N3OS2/c1-11-5-4-6-12(9-11)18-19-15(20)10-21-16-17-13-7-2-3-8-14(13)22-16/h2-3,7-8,11H,4-6,9-10H2,1H3,(H,19,20)/b18-12+/t11-/m1/s1. The van der Waals surface area contributed by atoms with Crippen LogP contribution >= 0.6 is 23.1 Å². The van der Waals surface area contributed by atoms with Crippen LogP contribution < -0.4 is 5.43 Å². The molecular weight excluding hydrogens is 314 g/mol. The Balaban J connectivity index is 1.50. The van der Waals surface area contributed by atoms with Crippen molar-refractivity contribution in [2.45, 2.75) is 36.9 Å². The van der Waals surface area contributed by atoms with Gasteiger partial charge in [-0.2, -0.15) is 5.10 Å². The molecule has 3 rings (SSSR count). The second-order valence-corrected chi connectivity index (χ2v) is 7.90. The van der Waals surface area contributed by atoms with Gasteiger partial charge in [-0.1, -0.05) is 30.8 Å². The number of thioether (sulfide) groups is 1. The van der Waals surface area contributed by atoms with E-state index in [-0.39, 0.29) is 5.91 Å². The van der Waals surface area contributed by atoms with Gasteiger partial charge in [-0.3, -0.25) is 4.79 Å². The Bertz CT molecular complexity index is 663. The summed E-state index contributed by atoms with van der Waals surface area (Å²) < 4.78 is 2.08. The monoisotopic (exact) mass is 333 g/mol. The Morgan fingerprint density at radius 3 is 3.18 bits per heavy atom. The lowest BCUT2D eigenvalue weighted by molar-refractivity contribution is -0.118. The second kappa shape index (κ2) is 7.24. The van der Waals surface area contributed by atoms with Crippen molar-refractivity contribution in [3.8, 4) is 0 Å². The van der Waals surface area contributed by atoms with Crippen LogP contribution in [0.25, 0.3) is 10.2 Å². The molecule has 1 N–H and O–H groups in total. The van der Waals surface area contributed by atoms with Crippen LogP contribution in [0.15, 0.2) is 33.7 Å². The Hall–Kier alpha value is -1.40. The molecule has 116 valence electrons. The predicted octanol–water partition coefficient (Wildman–Crippen LogP) is 4.07. The molecule has 0 spiro atoms. The number of nitrogens with zero attached hydrogens (tertiary/aromatic N) is 2. The van der Waals surface area contributed by atoms with E-state index >= 15 is 0 Å². The SMILES string of the molecule is C[C@@H]1CCC/C(=N\NC(=O)CSc2nc3ccccc3s2)C1. The summed E-state index contributed by atoms with van der Waals surface area (Å²) in [7, 11) is 0. The first kappa shape index (κ1) is 15.5. The lowest BCUT2D eigenvalue weighted by atomic mass is 9.89. The zero-order chi connectivity index (χ0) is 15.4. The summed E-state index contributed by atoms with van der Waals surface area (Å²) in [5.41, 5.74) is 4.80. The molecule has 1 aliphatic rings. The molecule has 0 saturated heterocycles. The number of hydrogen-bond donors (Lipinski definition) is 1. The highest BCUT2D eigenvalue weighted by Crippen LogP contribution is 2.29. The molecule has 1 amide bonds. The molecule has 1 aliphatic carbocycles. The van der Waals surface area contributed by atoms with E-state index in [1.807, 2.05) is 24.3 Å². The molecule has 0 radical (unpaired) electrons. The van der Waals surface area contributed by atoms with Gasteiger partial charge in [-0.25, -0.2) is 10.4 Å². The van der Waals surface area contributed by atoms with Crippen molar-refractivity contribution in [2.24, 2.45) is 11.0 Å². The summed E-state index contributed by atoms with van der Waals surface area (Å²) in [5.74, 6) is 0.975. The van der Waals surface area contributed by atoms with Crippen molar-refractivity contribution >= 4 is 44.9 Å². The smallest absolute Gasteiger partial charge is 0.250 e. The van der Waals surface area contributed by atoms with Gasteiger partial charge in [0.1, 0.15) is 0 Å². The normalized spacial score (nSPS) is 20.4. The van der Waals surface area contributed by atoms with Crippen molar-refractivity contribution in [1.82, 2.24) is 10.4 Å². The van der Waals surface area contributed by atoms with Gasteiger partial charge in [0.05, 0.1) is 16.0 Å². The van der Waals surface area contributed by atoms with Gasteiger partial charge in [-0.05, 0) is 43.7 Å². The number of hydrazone groups is 1. The third kappa shape index (κ3) is 4.08. The van der Waals surface area contributed by atoms with Gasteiger partial charge < -0.3 is 0 Å². The highest BCUT2D eigenvalue weighted by molar-refractivity contribution is 8.01. The molecule has 1 aromatic heterocycles. The molecule has 4 nitrogen and oxygen atoms in total. The first-order valence-electron chi connectivity index (χ1n) is 7.53. The molecule has 6 heteroatoms. The quantitative estimate of drug-likeness (QED) is 0.678. The van der Waals surface area contributed by atoms with Crippen molar-refractivity contribution in [3.63, 3.8) is 0 Å². The Kier molecular flexibility index (Phi) is 5.10. The number of rotatable bonds is 4. The van der Waals surface area contributed by atoms with Crippen LogP contribution in [-0.2, 0) is 4.79 Å². The lowest BCUT2D eigenvalue weighted by Crippen LogP contribution is -2.23. The molecule has 0 bridgehead atoms. The first-order valence-corrected chi connectivity index (χ1v) is 9.33. The summed E-state index contributed by atoms with van der Waals surface area (Å²) in [6.45, 7) is 2.24. The Labute approximate surface area is 138 Å². The van der Waals surface area contributed by atoms with Crippen LogP contribution in [-0.4, -0.2) is 22.4 Å². The molecular formula is C16H19N3OS2. The zero-order valence-electron chi connectivity index (χ0n) is 12.5. The van der Waals surface area contributed by atoms with Gasteiger partial charge in [0, 0.05) is 5.71 Å². The van der Waals surface area contributed by atoms with E-state index in [0.717, 1.165) is 33.1 Å². The molecule has 1 atom stereocenters. The van der Waals surface area contributed by atoms with Crippen LogP contribution in [0.2, 0.25) is 0 Å². The van der Waals surface area contributed by atoms with Gasteiger partial charge in [0.15, 0.2) is 4.34 Å². The van der Waals surface area contributed by atoms with E-state index in [0.29, 0.717) is 11.7 Å². The summed E-state index contributed by atoms with van der Waals surface area (Å²) in [5, 5.41) is 4.28. The largest absolute Gasteiger partial charge is 0.272 e. The fraction of sp³-hybridized carbons (Fsp3) is 0.438. The number of amides is 1. The number of fused-ring (bicyclic) bond motifs is 1. The average molecular weight is 333 g/mol. The molecule has 0 unspecified atom stereocenters. The number of aromatic nitrogens is 1. The summed E-state index contributed by atoms with van der Waals surface area (Å²) in [6.07, 6.45) is 4.46. The number of hydrogen-bond acceptors (Lipinski definition) is 5. The van der Waals surface area contributed by atoms with Crippen LogP contribution in [0.5, 0.6) is 0 Å². The highest BCUT2D eigenvalue weighted by atomic mass is 32.2. The van der Waals surface area contributed by atoms with Crippen LogP contribution in [0.4, 0.5) is 0 Å². The number of carbonyl (C=O) groups excluding carboxylic acids is 1. The second-order valence-electron chi connectivity index (χ2n) is 5.65. The fourth-order valence-electron chi connectivity index (χ4n) is 2.58. The van der Waals surface area contributed by atoms with E-state index in [1.54, 1.807) is 11.3 Å². The lowest BCUT2D eigenvalue weighted by Gasteiger charge is -2.18. The van der Waals surface area contributed by atoms with Gasteiger partial charge >= 0.3 is 0 Å². The average Bonchev–Trinajstić information content (AvgIpc) is 2.94. The topological polar surface area (TPSA) is 54.4 Å². The maximum atomic E-state index is 11.9. The number of thiazole rings is 1. The minimum atomic E-state index is -0.0602. The molecule has 22 heavy (non-hydrogen) atoms. The third-order valence-electron chi connectivity index (χ3n) is 3.69. The molecule has 2 aromatic rings. The minimum Gasteiger partial charge on any atom is -0.272 e. The van der Waals surface area contributed by atoms with Crippen molar-refractivity contribution in [3.05, 3.63) is 24.3 Å². The number of carbonyl (C=O) groups is 1. The number of benzene rings is 1. The van der Waals surface area contributed by atoms with E-state index in [1.165, 1.54) is 24.6 Å². The Morgan fingerprint density at radius 2 is 2.36 bits per heavy atom. The van der Waals surface area contributed by atoms with Crippen LogP contribution in [0.3, 0.4) is 0 Å². The molecule has 1 aromatic carbocycles. The first-order chi connectivity index (χ1) is 10.7. The molecule has 1 heterocycles. The highest BCUT2D eigenvalue weighted by Gasteiger charge is 2.14. The third-order valence-corrected chi connectivity index (χ3v) is 5.87. The van der Waals surface area contributed by atoms with Crippen LogP contribution in [0, 0.1) is 5.92 Å². The van der Waals surface area contributed by atoms with Crippen LogP contribution in [0.1, 0.15) is 32.6 Å². The fourth-order valence-corrected chi connectivity index (χ4v) is 4.44. The number of nitrogens with one attached hydrogen (secondary N) is 1. The minimum absolute atomic E-state index is 0.0602. The predicted molar refractivity (Wildman–Crippen MR) is 93.6 cm³/mol. The maximum absolute atomic E-state index is 11.9. The summed E-state index contributed by atoms with van der Waals surface area (Å²) in [6, 6.07) is 8.02. The molecule has 1 fully saturated rings. The van der Waals surface area contributed by atoms with Crippen molar-refractivity contribution in [1.29, 1.82) is 0 Å². The number of para-hydroxylation sites is 1. The maximum Gasteiger partial charge on any atom is 0.250 e. The molecule has 0 aliphatic heterocycles. The van der Waals surface area contributed by atoms with Gasteiger partial charge in [0.2, 0.25) is 0 Å². The summed E-state index contributed by atoms with van der Waals surface area (Å²) in [4.78, 5) is 16.4. The van der Waals surface area contributed by atoms with Gasteiger partial charge in [0.25, 0.3) is 5.91 Å². The van der Waals surface area contributed by atoms with Gasteiger partial charge in [-0.15, -0.1) is 11.3 Å². The van der Waals surface area contributed by atoms with Crippen molar-refractivity contribution < 1.29 is 4.79 Å². The summed E-state index contributed by atoms with van der Waals surface area (Å²) >= 11 is 3.09. The Morgan fingerprint density at radius 1 is 1.50 bits per heavy atom. The van der Waals surface area contributed by atoms with E-state index in [2.05, 4.69) is 22.4 Å². The zero-order valence-corrected chi connectivity index (χ0v) is 14.2. The van der Waals surface area contributed by atoms with E-state index in [4.69, 9.17) is 0 Å². The van der Waals surface area contributed by atoms with E-state index in [9.17, 15) is 4.79 Å². The van der Waals surface area contributed by atoms with E-state index < -0.39 is 0 Å². The molecule has 1 saturated carbocycles. The van der Waals surface area contributed by atoms with Crippen molar-refractivity contribution in [2.75, 3.05) is 5.75 Å².